The lowest BCUT2D eigenvalue weighted by atomic mass is 9.97. The zero-order valence-corrected chi connectivity index (χ0v) is 7.59. The summed E-state index contributed by atoms with van der Waals surface area (Å²) in [5.41, 5.74) is 0.201. The van der Waals surface area contributed by atoms with Gasteiger partial charge in [0.1, 0.15) is 0 Å². The predicted octanol–water partition coefficient (Wildman–Crippen LogP) is 1.75. The quantitative estimate of drug-likeness (QED) is 0.362. The standard InChI is InChI=1S/C10H14O2/c1-6(2)9(11)7(3)10(12)8-4-5-8/h6,8H,3-5H2,1-2H3. The van der Waals surface area contributed by atoms with Crippen molar-refractivity contribution in [1.82, 2.24) is 0 Å². The van der Waals surface area contributed by atoms with Gasteiger partial charge in [0.15, 0.2) is 11.6 Å². The van der Waals surface area contributed by atoms with Crippen molar-refractivity contribution in [3.63, 3.8) is 0 Å². The highest BCUT2D eigenvalue weighted by atomic mass is 16.1. The lowest BCUT2D eigenvalue weighted by molar-refractivity contribution is -0.123. The Morgan fingerprint density at radius 1 is 1.33 bits per heavy atom. The van der Waals surface area contributed by atoms with Crippen LogP contribution in [-0.2, 0) is 9.59 Å². The Hall–Kier alpha value is -0.920. The van der Waals surface area contributed by atoms with Gasteiger partial charge in [-0.3, -0.25) is 9.59 Å². The molecule has 0 aromatic heterocycles. The molecule has 0 aromatic carbocycles. The highest BCUT2D eigenvalue weighted by Gasteiger charge is 2.33. The molecule has 66 valence electrons. The van der Waals surface area contributed by atoms with Gasteiger partial charge in [-0.15, -0.1) is 0 Å². The molecule has 0 heterocycles. The van der Waals surface area contributed by atoms with E-state index in [0.29, 0.717) is 0 Å². The summed E-state index contributed by atoms with van der Waals surface area (Å²) in [4.78, 5) is 22.6. The second-order valence-electron chi connectivity index (χ2n) is 3.64. The molecule has 0 N–H and O–H groups in total. The van der Waals surface area contributed by atoms with E-state index in [1.807, 2.05) is 0 Å². The fourth-order valence-corrected chi connectivity index (χ4v) is 1.06. The molecule has 2 nitrogen and oxygen atoms in total. The van der Waals surface area contributed by atoms with Crippen LogP contribution in [0.2, 0.25) is 0 Å². The number of ketones is 2. The maximum Gasteiger partial charge on any atom is 0.168 e. The molecular weight excluding hydrogens is 152 g/mol. The molecule has 0 saturated heterocycles. The molecule has 0 atom stereocenters. The maximum atomic E-state index is 11.3. The molecule has 0 unspecified atom stereocenters. The van der Waals surface area contributed by atoms with Crippen molar-refractivity contribution < 1.29 is 9.59 Å². The van der Waals surface area contributed by atoms with Gasteiger partial charge in [-0.25, -0.2) is 0 Å². The van der Waals surface area contributed by atoms with Crippen molar-refractivity contribution in [2.45, 2.75) is 26.7 Å². The number of rotatable bonds is 4. The molecule has 0 aliphatic heterocycles. The van der Waals surface area contributed by atoms with Crippen LogP contribution in [0.25, 0.3) is 0 Å². The number of allylic oxidation sites excluding steroid dienone is 1. The topological polar surface area (TPSA) is 34.1 Å². The molecule has 1 fully saturated rings. The Kier molecular flexibility index (Phi) is 2.46. The van der Waals surface area contributed by atoms with Gasteiger partial charge in [0.05, 0.1) is 5.57 Å². The van der Waals surface area contributed by atoms with Crippen molar-refractivity contribution in [2.24, 2.45) is 11.8 Å². The maximum absolute atomic E-state index is 11.3. The average Bonchev–Trinajstić information content (AvgIpc) is 2.82. The fourth-order valence-electron chi connectivity index (χ4n) is 1.06. The highest BCUT2D eigenvalue weighted by molar-refractivity contribution is 6.21. The van der Waals surface area contributed by atoms with Crippen LogP contribution in [0.5, 0.6) is 0 Å². The minimum Gasteiger partial charge on any atom is -0.294 e. The lowest BCUT2D eigenvalue weighted by Crippen LogP contribution is -2.17. The van der Waals surface area contributed by atoms with Crippen molar-refractivity contribution >= 4 is 11.6 Å². The normalized spacial score (nSPS) is 16.2. The number of Topliss-reactive ketones (excluding diaryl/α,β-unsaturated/α-hetero) is 2. The molecule has 1 aliphatic rings. The molecule has 0 aromatic rings. The Balaban J connectivity index is 2.57. The van der Waals surface area contributed by atoms with E-state index < -0.39 is 0 Å². The molecule has 1 aliphatic carbocycles. The number of hydrogen-bond donors (Lipinski definition) is 0. The monoisotopic (exact) mass is 166 g/mol. The first kappa shape index (κ1) is 9.17. The summed E-state index contributed by atoms with van der Waals surface area (Å²) < 4.78 is 0. The van der Waals surface area contributed by atoms with E-state index in [1.165, 1.54) is 0 Å². The molecule has 0 bridgehead atoms. The van der Waals surface area contributed by atoms with Gasteiger partial charge in [0, 0.05) is 11.8 Å². The van der Waals surface area contributed by atoms with E-state index >= 15 is 0 Å². The van der Waals surface area contributed by atoms with Gasteiger partial charge in [-0.05, 0) is 12.8 Å². The summed E-state index contributed by atoms with van der Waals surface area (Å²) in [7, 11) is 0. The average molecular weight is 166 g/mol. The first-order valence-corrected chi connectivity index (χ1v) is 4.31. The van der Waals surface area contributed by atoms with E-state index in [9.17, 15) is 9.59 Å². The zero-order chi connectivity index (χ0) is 9.30. The van der Waals surface area contributed by atoms with Gasteiger partial charge in [0.25, 0.3) is 0 Å². The van der Waals surface area contributed by atoms with Crippen LogP contribution in [0.15, 0.2) is 12.2 Å². The Bertz CT molecular complexity index is 218. The minimum atomic E-state index is -0.111. The summed E-state index contributed by atoms with van der Waals surface area (Å²) in [6.45, 7) is 7.11. The number of carbonyl (C=O) groups is 2. The van der Waals surface area contributed by atoms with Crippen molar-refractivity contribution in [3.8, 4) is 0 Å². The van der Waals surface area contributed by atoms with Crippen LogP contribution in [0.4, 0.5) is 0 Å². The zero-order valence-electron chi connectivity index (χ0n) is 7.59. The number of hydrogen-bond acceptors (Lipinski definition) is 2. The molecule has 2 heteroatoms. The number of carbonyl (C=O) groups excluding carboxylic acids is 2. The van der Waals surface area contributed by atoms with Crippen molar-refractivity contribution in [3.05, 3.63) is 12.2 Å². The smallest absolute Gasteiger partial charge is 0.168 e. The second kappa shape index (κ2) is 3.21. The fraction of sp³-hybridized carbons (Fsp3) is 0.600. The first-order valence-electron chi connectivity index (χ1n) is 4.31. The van der Waals surface area contributed by atoms with Crippen molar-refractivity contribution in [1.29, 1.82) is 0 Å². The van der Waals surface area contributed by atoms with Crippen LogP contribution in [-0.4, -0.2) is 11.6 Å². The third-order valence-corrected chi connectivity index (χ3v) is 2.07. The van der Waals surface area contributed by atoms with E-state index in [-0.39, 0.29) is 29.0 Å². The van der Waals surface area contributed by atoms with Crippen molar-refractivity contribution in [2.75, 3.05) is 0 Å². The van der Waals surface area contributed by atoms with Crippen LogP contribution >= 0.6 is 0 Å². The van der Waals surface area contributed by atoms with Gasteiger partial charge >= 0.3 is 0 Å². The summed E-state index contributed by atoms with van der Waals surface area (Å²) in [6.07, 6.45) is 1.87. The van der Waals surface area contributed by atoms with E-state index in [1.54, 1.807) is 13.8 Å². The summed E-state index contributed by atoms with van der Waals surface area (Å²) >= 11 is 0. The predicted molar refractivity (Wildman–Crippen MR) is 46.7 cm³/mol. The van der Waals surface area contributed by atoms with E-state index in [4.69, 9.17) is 0 Å². The van der Waals surface area contributed by atoms with Crippen LogP contribution < -0.4 is 0 Å². The van der Waals surface area contributed by atoms with Crippen LogP contribution in [0.3, 0.4) is 0 Å². The highest BCUT2D eigenvalue weighted by Crippen LogP contribution is 2.32. The van der Waals surface area contributed by atoms with Crippen LogP contribution in [0.1, 0.15) is 26.7 Å². The summed E-state index contributed by atoms with van der Waals surface area (Å²) in [6, 6.07) is 0. The molecule has 0 amide bonds. The minimum absolute atomic E-state index is 0.0336. The Morgan fingerprint density at radius 2 is 1.83 bits per heavy atom. The van der Waals surface area contributed by atoms with E-state index in [0.717, 1.165) is 12.8 Å². The SMILES string of the molecule is C=C(C(=O)C(C)C)C(=O)C1CC1. The molecule has 12 heavy (non-hydrogen) atoms. The van der Waals surface area contributed by atoms with Gasteiger partial charge in [-0.1, -0.05) is 20.4 Å². The molecule has 1 rings (SSSR count). The Morgan fingerprint density at radius 3 is 2.17 bits per heavy atom. The molecule has 0 radical (unpaired) electrons. The summed E-state index contributed by atoms with van der Waals surface area (Å²) in [5.74, 6) is -0.138. The molecule has 1 saturated carbocycles. The van der Waals surface area contributed by atoms with Gasteiger partial charge < -0.3 is 0 Å². The van der Waals surface area contributed by atoms with Gasteiger partial charge in [0.2, 0.25) is 0 Å². The summed E-state index contributed by atoms with van der Waals surface area (Å²) in [5, 5.41) is 0. The largest absolute Gasteiger partial charge is 0.294 e. The lowest BCUT2D eigenvalue weighted by Gasteiger charge is -2.04. The third kappa shape index (κ3) is 1.81. The first-order chi connectivity index (χ1) is 5.54. The van der Waals surface area contributed by atoms with E-state index in [2.05, 4.69) is 6.58 Å². The molecular formula is C10H14O2. The van der Waals surface area contributed by atoms with Gasteiger partial charge in [-0.2, -0.15) is 0 Å². The second-order valence-corrected chi connectivity index (χ2v) is 3.64. The van der Waals surface area contributed by atoms with Crippen LogP contribution in [0, 0.1) is 11.8 Å². The Labute approximate surface area is 72.7 Å². The third-order valence-electron chi connectivity index (χ3n) is 2.07. The molecule has 0 spiro atoms.